The molecule has 5 nitrogen and oxygen atoms in total. The van der Waals surface area contributed by atoms with Crippen LogP contribution in [0.15, 0.2) is 84.0 Å². The molecule has 1 heterocycles. The molecular weight excluding hydrogens is 392 g/mol. The molecule has 30 heavy (non-hydrogen) atoms. The van der Waals surface area contributed by atoms with Crippen LogP contribution in [0.2, 0.25) is 0 Å². The standard InChI is InChI=1S/C24H20N4OS/c1-2-28-23(21-10-6-7-11-22(21)29-20-8-4-3-5-9-20)26-27-24(28)30-17-19-14-12-18(16-25)13-15-19/h3-15H,2,17H2,1H3. The molecule has 148 valence electrons. The first kappa shape index (κ1) is 19.7. The van der Waals surface area contributed by atoms with Crippen molar-refractivity contribution in [3.05, 3.63) is 90.0 Å². The van der Waals surface area contributed by atoms with Crippen molar-refractivity contribution in [2.24, 2.45) is 0 Å². The summed E-state index contributed by atoms with van der Waals surface area (Å²) in [6, 6.07) is 27.4. The molecule has 0 atom stereocenters. The Bertz CT molecular complexity index is 1160. The van der Waals surface area contributed by atoms with Crippen LogP contribution in [0.5, 0.6) is 11.5 Å². The van der Waals surface area contributed by atoms with Crippen molar-refractivity contribution in [3.8, 4) is 29.0 Å². The van der Waals surface area contributed by atoms with Crippen LogP contribution in [0.1, 0.15) is 18.1 Å². The first-order valence-electron chi connectivity index (χ1n) is 9.66. The molecule has 1 aromatic heterocycles. The van der Waals surface area contributed by atoms with Crippen molar-refractivity contribution in [1.29, 1.82) is 5.26 Å². The van der Waals surface area contributed by atoms with Crippen LogP contribution < -0.4 is 4.74 Å². The number of ether oxygens (including phenoxy) is 1. The molecule has 6 heteroatoms. The van der Waals surface area contributed by atoms with E-state index in [0.717, 1.165) is 45.9 Å². The summed E-state index contributed by atoms with van der Waals surface area (Å²) in [5, 5.41) is 18.7. The van der Waals surface area contributed by atoms with Crippen LogP contribution in [-0.2, 0) is 12.3 Å². The van der Waals surface area contributed by atoms with E-state index in [1.54, 1.807) is 11.8 Å². The highest BCUT2D eigenvalue weighted by molar-refractivity contribution is 7.98. The molecule has 0 amide bonds. The van der Waals surface area contributed by atoms with Gasteiger partial charge in [-0.3, -0.25) is 0 Å². The molecule has 0 radical (unpaired) electrons. The normalized spacial score (nSPS) is 10.5. The molecule has 0 bridgehead atoms. The highest BCUT2D eigenvalue weighted by Gasteiger charge is 2.17. The van der Waals surface area contributed by atoms with E-state index < -0.39 is 0 Å². The van der Waals surface area contributed by atoms with Gasteiger partial charge in [-0.15, -0.1) is 10.2 Å². The second-order valence-corrected chi connectivity index (χ2v) is 7.50. The quantitative estimate of drug-likeness (QED) is 0.353. The van der Waals surface area contributed by atoms with E-state index in [2.05, 4.69) is 27.8 Å². The minimum atomic E-state index is 0.665. The Morgan fingerprint density at radius 3 is 2.40 bits per heavy atom. The maximum absolute atomic E-state index is 8.94. The number of nitriles is 1. The largest absolute Gasteiger partial charge is 0.457 e. The zero-order valence-electron chi connectivity index (χ0n) is 16.5. The number of rotatable bonds is 7. The minimum absolute atomic E-state index is 0.665. The van der Waals surface area contributed by atoms with Crippen molar-refractivity contribution >= 4 is 11.8 Å². The Kier molecular flexibility index (Phi) is 6.11. The second kappa shape index (κ2) is 9.29. The fourth-order valence-electron chi connectivity index (χ4n) is 3.06. The third-order valence-electron chi connectivity index (χ3n) is 4.58. The molecule has 0 saturated heterocycles. The van der Waals surface area contributed by atoms with E-state index >= 15 is 0 Å². The molecule has 4 aromatic rings. The van der Waals surface area contributed by atoms with Gasteiger partial charge in [0.05, 0.1) is 17.2 Å². The Morgan fingerprint density at radius 1 is 0.933 bits per heavy atom. The number of nitrogens with zero attached hydrogens (tertiary/aromatic N) is 4. The average Bonchev–Trinajstić information content (AvgIpc) is 3.22. The summed E-state index contributed by atoms with van der Waals surface area (Å²) >= 11 is 1.63. The van der Waals surface area contributed by atoms with Crippen LogP contribution in [0.4, 0.5) is 0 Å². The van der Waals surface area contributed by atoms with Crippen molar-refractivity contribution in [1.82, 2.24) is 14.8 Å². The number of hydrogen-bond acceptors (Lipinski definition) is 5. The topological polar surface area (TPSA) is 63.7 Å². The average molecular weight is 413 g/mol. The van der Waals surface area contributed by atoms with Gasteiger partial charge < -0.3 is 9.30 Å². The molecule has 0 fully saturated rings. The molecular formula is C24H20N4OS. The first-order valence-corrected chi connectivity index (χ1v) is 10.6. The summed E-state index contributed by atoms with van der Waals surface area (Å²) in [5.74, 6) is 3.06. The van der Waals surface area contributed by atoms with Crippen LogP contribution in [0, 0.1) is 11.3 Å². The van der Waals surface area contributed by atoms with Gasteiger partial charge in [-0.1, -0.05) is 54.2 Å². The van der Waals surface area contributed by atoms with Gasteiger partial charge in [0, 0.05) is 12.3 Å². The van der Waals surface area contributed by atoms with Crippen molar-refractivity contribution in [2.75, 3.05) is 0 Å². The van der Waals surface area contributed by atoms with E-state index in [9.17, 15) is 0 Å². The number of para-hydroxylation sites is 2. The summed E-state index contributed by atoms with van der Waals surface area (Å²) in [7, 11) is 0. The van der Waals surface area contributed by atoms with E-state index in [4.69, 9.17) is 10.00 Å². The highest BCUT2D eigenvalue weighted by Crippen LogP contribution is 2.34. The summed E-state index contributed by atoms with van der Waals surface area (Å²) in [5.41, 5.74) is 2.71. The van der Waals surface area contributed by atoms with E-state index in [0.29, 0.717) is 5.56 Å². The molecule has 0 aliphatic carbocycles. The molecule has 0 aliphatic heterocycles. The fourth-order valence-corrected chi connectivity index (χ4v) is 4.02. The summed E-state index contributed by atoms with van der Waals surface area (Å²) in [6.45, 7) is 2.83. The van der Waals surface area contributed by atoms with Gasteiger partial charge in [0.15, 0.2) is 11.0 Å². The van der Waals surface area contributed by atoms with Gasteiger partial charge in [0.1, 0.15) is 11.5 Å². The first-order chi connectivity index (χ1) is 14.8. The number of aromatic nitrogens is 3. The zero-order valence-corrected chi connectivity index (χ0v) is 17.3. The van der Waals surface area contributed by atoms with E-state index in [-0.39, 0.29) is 0 Å². The van der Waals surface area contributed by atoms with Crippen LogP contribution in [0.25, 0.3) is 11.4 Å². The summed E-state index contributed by atoms with van der Waals surface area (Å²) in [6.07, 6.45) is 0. The monoisotopic (exact) mass is 412 g/mol. The smallest absolute Gasteiger partial charge is 0.191 e. The number of thioether (sulfide) groups is 1. The fraction of sp³-hybridized carbons (Fsp3) is 0.125. The van der Waals surface area contributed by atoms with Gasteiger partial charge in [-0.2, -0.15) is 5.26 Å². The Labute approximate surface area is 180 Å². The zero-order chi connectivity index (χ0) is 20.8. The summed E-state index contributed by atoms with van der Waals surface area (Å²) < 4.78 is 8.21. The lowest BCUT2D eigenvalue weighted by Crippen LogP contribution is -2.01. The maximum Gasteiger partial charge on any atom is 0.191 e. The van der Waals surface area contributed by atoms with Crippen molar-refractivity contribution < 1.29 is 4.74 Å². The number of benzene rings is 3. The van der Waals surface area contributed by atoms with Gasteiger partial charge >= 0.3 is 0 Å². The van der Waals surface area contributed by atoms with Gasteiger partial charge in [-0.05, 0) is 48.9 Å². The summed E-state index contributed by atoms with van der Waals surface area (Å²) in [4.78, 5) is 0. The molecule has 4 rings (SSSR count). The SMILES string of the molecule is CCn1c(SCc2ccc(C#N)cc2)nnc1-c1ccccc1Oc1ccccc1. The van der Waals surface area contributed by atoms with Gasteiger partial charge in [0.25, 0.3) is 0 Å². The maximum atomic E-state index is 8.94. The molecule has 0 spiro atoms. The molecule has 0 unspecified atom stereocenters. The Hall–Kier alpha value is -3.56. The third-order valence-corrected chi connectivity index (χ3v) is 5.62. The molecule has 0 N–H and O–H groups in total. The number of hydrogen-bond donors (Lipinski definition) is 0. The lowest BCUT2D eigenvalue weighted by molar-refractivity contribution is 0.483. The predicted octanol–water partition coefficient (Wildman–Crippen LogP) is 5.92. The molecule has 0 saturated carbocycles. The van der Waals surface area contributed by atoms with Crippen molar-refractivity contribution in [3.63, 3.8) is 0 Å². The third kappa shape index (κ3) is 4.37. The van der Waals surface area contributed by atoms with Crippen molar-refractivity contribution in [2.45, 2.75) is 24.4 Å². The Morgan fingerprint density at radius 2 is 1.67 bits per heavy atom. The predicted molar refractivity (Wildman–Crippen MR) is 118 cm³/mol. The van der Waals surface area contributed by atoms with Crippen LogP contribution >= 0.6 is 11.8 Å². The highest BCUT2D eigenvalue weighted by atomic mass is 32.2. The van der Waals surface area contributed by atoms with Gasteiger partial charge in [-0.25, -0.2) is 0 Å². The molecule has 3 aromatic carbocycles. The lowest BCUT2D eigenvalue weighted by atomic mass is 10.2. The van der Waals surface area contributed by atoms with Crippen LogP contribution in [0.3, 0.4) is 0 Å². The van der Waals surface area contributed by atoms with E-state index in [1.165, 1.54) is 0 Å². The minimum Gasteiger partial charge on any atom is -0.457 e. The molecule has 0 aliphatic rings. The van der Waals surface area contributed by atoms with Crippen LogP contribution in [-0.4, -0.2) is 14.8 Å². The second-order valence-electron chi connectivity index (χ2n) is 6.56. The Balaban J connectivity index is 1.58. The lowest BCUT2D eigenvalue weighted by Gasteiger charge is -2.12. The van der Waals surface area contributed by atoms with Gasteiger partial charge in [0.2, 0.25) is 0 Å². The van der Waals surface area contributed by atoms with E-state index in [1.807, 2.05) is 78.9 Å².